The van der Waals surface area contributed by atoms with Gasteiger partial charge in [0.15, 0.2) is 6.61 Å². The Kier molecular flexibility index (Phi) is 8.78. The van der Waals surface area contributed by atoms with Crippen LogP contribution in [0.2, 0.25) is 0 Å². The molecular formula is C19H19Br3N2O4. The molecule has 0 radical (unpaired) electrons. The largest absolute Gasteiger partial charge is 0.493 e. The molecule has 2 aromatic rings. The minimum absolute atomic E-state index is 0.251. The Hall–Kier alpha value is -1.58. The molecule has 0 fully saturated rings. The number of hydrazine groups is 1. The molecule has 0 aliphatic carbocycles. The molecule has 0 atom stereocenters. The first-order valence-electron chi connectivity index (χ1n) is 8.41. The Balaban J connectivity index is 1.94. The Morgan fingerprint density at radius 2 is 1.75 bits per heavy atom. The zero-order valence-electron chi connectivity index (χ0n) is 15.3. The summed E-state index contributed by atoms with van der Waals surface area (Å²) in [6, 6.07) is 8.82. The molecule has 28 heavy (non-hydrogen) atoms. The first kappa shape index (κ1) is 22.7. The van der Waals surface area contributed by atoms with Gasteiger partial charge in [-0.1, -0.05) is 38.8 Å². The lowest BCUT2D eigenvalue weighted by atomic mass is 10.2. The fourth-order valence-corrected chi connectivity index (χ4v) is 4.17. The minimum Gasteiger partial charge on any atom is -0.493 e. The van der Waals surface area contributed by atoms with Gasteiger partial charge in [-0.25, -0.2) is 0 Å². The lowest BCUT2D eigenvalue weighted by Gasteiger charge is -2.14. The summed E-state index contributed by atoms with van der Waals surface area (Å²) in [4.78, 5) is 24.5. The molecule has 0 bridgehead atoms. The molecule has 0 aliphatic heterocycles. The van der Waals surface area contributed by atoms with E-state index in [1.807, 2.05) is 26.0 Å². The van der Waals surface area contributed by atoms with Crippen LogP contribution in [-0.4, -0.2) is 25.0 Å². The number of hydrogen-bond donors (Lipinski definition) is 2. The van der Waals surface area contributed by atoms with E-state index in [0.29, 0.717) is 23.7 Å². The molecule has 0 spiro atoms. The second kappa shape index (κ2) is 10.8. The van der Waals surface area contributed by atoms with Crippen molar-refractivity contribution >= 4 is 59.6 Å². The van der Waals surface area contributed by atoms with Crippen LogP contribution >= 0.6 is 47.8 Å². The topological polar surface area (TPSA) is 76.7 Å². The molecule has 0 aromatic heterocycles. The van der Waals surface area contributed by atoms with Gasteiger partial charge in [0.2, 0.25) is 0 Å². The molecule has 150 valence electrons. The summed E-state index contributed by atoms with van der Waals surface area (Å²) < 4.78 is 13.5. The molecule has 2 aromatic carbocycles. The number of benzene rings is 2. The third-order valence-corrected chi connectivity index (χ3v) is 5.05. The van der Waals surface area contributed by atoms with Crippen LogP contribution < -0.4 is 20.3 Å². The average molecular weight is 579 g/mol. The molecule has 9 heteroatoms. The van der Waals surface area contributed by atoms with E-state index >= 15 is 0 Å². The molecule has 2 N–H and O–H groups in total. The highest BCUT2D eigenvalue weighted by Crippen LogP contribution is 2.32. The van der Waals surface area contributed by atoms with Crippen LogP contribution in [0, 0.1) is 6.92 Å². The van der Waals surface area contributed by atoms with Crippen molar-refractivity contribution in [3.05, 3.63) is 54.9 Å². The second-order valence-corrected chi connectivity index (χ2v) is 8.50. The van der Waals surface area contributed by atoms with E-state index < -0.39 is 11.8 Å². The summed E-state index contributed by atoms with van der Waals surface area (Å²) in [5.41, 5.74) is 5.91. The van der Waals surface area contributed by atoms with Gasteiger partial charge in [0.05, 0.1) is 16.6 Å². The van der Waals surface area contributed by atoms with Crippen molar-refractivity contribution in [1.82, 2.24) is 10.9 Å². The smallest absolute Gasteiger partial charge is 0.276 e. The third-order valence-electron chi connectivity index (χ3n) is 3.51. The highest BCUT2D eigenvalue weighted by Gasteiger charge is 2.15. The minimum atomic E-state index is -0.492. The van der Waals surface area contributed by atoms with E-state index in [1.54, 1.807) is 18.2 Å². The predicted octanol–water partition coefficient (Wildman–Crippen LogP) is 4.91. The number of amides is 2. The average Bonchev–Trinajstić information content (AvgIpc) is 2.64. The highest BCUT2D eigenvalue weighted by atomic mass is 79.9. The summed E-state index contributed by atoms with van der Waals surface area (Å²) in [6.07, 6.45) is 0.816. The Labute approximate surface area is 188 Å². The molecule has 0 unspecified atom stereocenters. The summed E-state index contributed by atoms with van der Waals surface area (Å²) in [7, 11) is 0. The monoisotopic (exact) mass is 576 g/mol. The number of carbonyl (C=O) groups is 2. The lowest BCUT2D eigenvalue weighted by molar-refractivity contribution is -0.123. The van der Waals surface area contributed by atoms with Crippen molar-refractivity contribution in [2.45, 2.75) is 20.3 Å². The molecule has 0 saturated carbocycles. The summed E-state index contributed by atoms with van der Waals surface area (Å²) in [5, 5.41) is 0. The van der Waals surface area contributed by atoms with Gasteiger partial charge in [-0.05, 0) is 65.2 Å². The highest BCUT2D eigenvalue weighted by molar-refractivity contribution is 9.11. The van der Waals surface area contributed by atoms with Crippen molar-refractivity contribution < 1.29 is 19.1 Å². The van der Waals surface area contributed by atoms with Gasteiger partial charge in [0.25, 0.3) is 11.8 Å². The fraction of sp³-hybridized carbons (Fsp3) is 0.263. The second-order valence-electron chi connectivity index (χ2n) is 5.81. The maximum absolute atomic E-state index is 12.4. The summed E-state index contributed by atoms with van der Waals surface area (Å²) in [6.45, 7) is 4.09. The number of nitrogens with one attached hydrogen (secondary N) is 2. The van der Waals surface area contributed by atoms with Crippen LogP contribution in [0.4, 0.5) is 0 Å². The van der Waals surface area contributed by atoms with Crippen LogP contribution in [0.25, 0.3) is 0 Å². The maximum Gasteiger partial charge on any atom is 0.276 e. The number of ether oxygens (including phenoxy) is 2. The predicted molar refractivity (Wildman–Crippen MR) is 118 cm³/mol. The Morgan fingerprint density at radius 3 is 2.43 bits per heavy atom. The molecule has 2 amide bonds. The van der Waals surface area contributed by atoms with Crippen molar-refractivity contribution in [1.29, 1.82) is 0 Å². The van der Waals surface area contributed by atoms with E-state index in [0.717, 1.165) is 25.4 Å². The molecular weight excluding hydrogens is 560 g/mol. The van der Waals surface area contributed by atoms with Gasteiger partial charge in [-0.3, -0.25) is 20.4 Å². The summed E-state index contributed by atoms with van der Waals surface area (Å²) in [5.74, 6) is 0.0322. The van der Waals surface area contributed by atoms with Gasteiger partial charge >= 0.3 is 0 Å². The van der Waals surface area contributed by atoms with Gasteiger partial charge < -0.3 is 9.47 Å². The van der Waals surface area contributed by atoms with Gasteiger partial charge in [0.1, 0.15) is 11.5 Å². The van der Waals surface area contributed by atoms with Crippen molar-refractivity contribution in [3.63, 3.8) is 0 Å². The number of hydrogen-bond acceptors (Lipinski definition) is 4. The van der Waals surface area contributed by atoms with Crippen LogP contribution in [0.1, 0.15) is 29.3 Å². The fourth-order valence-electron chi connectivity index (χ4n) is 2.26. The lowest BCUT2D eigenvalue weighted by Crippen LogP contribution is -2.44. The van der Waals surface area contributed by atoms with Crippen LogP contribution in [0.15, 0.2) is 43.7 Å². The van der Waals surface area contributed by atoms with Gasteiger partial charge in [-0.15, -0.1) is 0 Å². The van der Waals surface area contributed by atoms with E-state index in [-0.39, 0.29) is 6.61 Å². The van der Waals surface area contributed by atoms with E-state index in [9.17, 15) is 9.59 Å². The van der Waals surface area contributed by atoms with Gasteiger partial charge in [-0.2, -0.15) is 0 Å². The van der Waals surface area contributed by atoms with Crippen molar-refractivity contribution in [2.75, 3.05) is 13.2 Å². The zero-order valence-corrected chi connectivity index (χ0v) is 20.0. The Bertz CT molecular complexity index is 851. The normalized spacial score (nSPS) is 10.3. The van der Waals surface area contributed by atoms with Crippen molar-refractivity contribution in [3.8, 4) is 11.5 Å². The van der Waals surface area contributed by atoms with Crippen LogP contribution in [0.3, 0.4) is 0 Å². The van der Waals surface area contributed by atoms with Crippen molar-refractivity contribution in [2.24, 2.45) is 0 Å². The van der Waals surface area contributed by atoms with E-state index in [1.165, 1.54) is 0 Å². The molecule has 2 rings (SSSR count). The number of aryl methyl sites for hydroxylation is 1. The maximum atomic E-state index is 12.4. The first-order valence-corrected chi connectivity index (χ1v) is 10.8. The number of carbonyl (C=O) groups excluding carboxylic acids is 2. The molecule has 6 nitrogen and oxygen atoms in total. The first-order chi connectivity index (χ1) is 13.3. The number of halogens is 3. The van der Waals surface area contributed by atoms with Gasteiger partial charge in [0, 0.05) is 8.95 Å². The quantitative estimate of drug-likeness (QED) is 0.458. The Morgan fingerprint density at radius 1 is 1.00 bits per heavy atom. The molecule has 0 aliphatic rings. The number of rotatable bonds is 7. The standard InChI is InChI=1S/C19H19Br3N2O4/c1-3-6-27-16-5-4-12(20)8-14(16)19(26)24-23-17(25)10-28-18-11(2)7-13(21)9-15(18)22/h4-5,7-9H,3,6,10H2,1-2H3,(H,23,25)(H,24,26). The van der Waals surface area contributed by atoms with Crippen LogP contribution in [0.5, 0.6) is 11.5 Å². The zero-order chi connectivity index (χ0) is 20.7. The SMILES string of the molecule is CCCOc1ccc(Br)cc1C(=O)NNC(=O)COc1c(C)cc(Br)cc1Br. The van der Waals surface area contributed by atoms with E-state index in [4.69, 9.17) is 9.47 Å². The van der Waals surface area contributed by atoms with E-state index in [2.05, 4.69) is 58.6 Å². The molecule has 0 heterocycles. The van der Waals surface area contributed by atoms with Crippen LogP contribution in [-0.2, 0) is 4.79 Å². The summed E-state index contributed by atoms with van der Waals surface area (Å²) >= 11 is 10.1. The third kappa shape index (κ3) is 6.49. The molecule has 0 saturated heterocycles.